The summed E-state index contributed by atoms with van der Waals surface area (Å²) in [5.41, 5.74) is 0. The van der Waals surface area contributed by atoms with E-state index in [2.05, 4.69) is 15.0 Å². The quantitative estimate of drug-likeness (QED) is 0.886. The van der Waals surface area contributed by atoms with Crippen LogP contribution in [0.4, 0.5) is 0 Å². The van der Waals surface area contributed by atoms with Gasteiger partial charge in [-0.15, -0.1) is 11.3 Å². The van der Waals surface area contributed by atoms with E-state index in [1.807, 2.05) is 24.4 Å². The van der Waals surface area contributed by atoms with Crippen molar-refractivity contribution in [3.8, 4) is 10.7 Å². The number of likely N-dealkylation sites (tertiary alicyclic amines) is 1. The molecule has 120 valence electrons. The van der Waals surface area contributed by atoms with Crippen molar-refractivity contribution in [1.82, 2.24) is 15.0 Å². The number of hydrogen-bond acceptors (Lipinski definition) is 6. The van der Waals surface area contributed by atoms with Crippen LogP contribution in [0.15, 0.2) is 22.0 Å². The number of aryl methyl sites for hydroxylation is 1. The molecule has 2 atom stereocenters. The molecule has 0 spiro atoms. The van der Waals surface area contributed by atoms with E-state index in [-0.39, 0.29) is 6.10 Å². The third-order valence-electron chi connectivity index (χ3n) is 4.27. The fourth-order valence-electron chi connectivity index (χ4n) is 3.14. The van der Waals surface area contributed by atoms with Gasteiger partial charge in [-0.1, -0.05) is 17.6 Å². The first-order valence-electron chi connectivity index (χ1n) is 8.02. The molecule has 1 aliphatic heterocycles. The van der Waals surface area contributed by atoms with E-state index in [1.165, 1.54) is 12.8 Å². The Morgan fingerprint density at radius 3 is 3.18 bits per heavy atom. The van der Waals surface area contributed by atoms with Crippen LogP contribution in [0.2, 0.25) is 0 Å². The van der Waals surface area contributed by atoms with Gasteiger partial charge in [0.1, 0.15) is 0 Å². The van der Waals surface area contributed by atoms with Gasteiger partial charge in [0, 0.05) is 12.5 Å². The van der Waals surface area contributed by atoms with Crippen LogP contribution in [-0.2, 0) is 6.42 Å². The molecule has 0 radical (unpaired) electrons. The number of aliphatic hydroxyl groups excluding tert-OH is 1. The fourth-order valence-corrected chi connectivity index (χ4v) is 3.79. The number of thiophene rings is 1. The number of rotatable bonds is 6. The Hall–Kier alpha value is -1.24. The van der Waals surface area contributed by atoms with Crippen molar-refractivity contribution in [2.45, 2.75) is 51.2 Å². The Balaban J connectivity index is 1.50. The van der Waals surface area contributed by atoms with Crippen molar-refractivity contribution in [1.29, 1.82) is 0 Å². The summed E-state index contributed by atoms with van der Waals surface area (Å²) in [6.07, 6.45) is 5.07. The van der Waals surface area contributed by atoms with Crippen LogP contribution in [0.1, 0.15) is 38.5 Å². The number of piperidine rings is 1. The normalized spacial score (nSPS) is 21.1. The molecule has 1 saturated heterocycles. The monoisotopic (exact) mass is 321 g/mol. The van der Waals surface area contributed by atoms with E-state index < -0.39 is 0 Å². The zero-order valence-electron chi connectivity index (χ0n) is 12.9. The van der Waals surface area contributed by atoms with Crippen molar-refractivity contribution in [3.05, 3.63) is 23.4 Å². The van der Waals surface area contributed by atoms with Gasteiger partial charge in [0.15, 0.2) is 0 Å². The second-order valence-electron chi connectivity index (χ2n) is 5.93. The Morgan fingerprint density at radius 1 is 1.50 bits per heavy atom. The maximum atomic E-state index is 9.89. The van der Waals surface area contributed by atoms with Gasteiger partial charge in [-0.2, -0.15) is 4.98 Å². The smallest absolute Gasteiger partial charge is 0.227 e. The molecule has 0 aromatic carbocycles. The maximum Gasteiger partial charge on any atom is 0.227 e. The first kappa shape index (κ1) is 15.6. The van der Waals surface area contributed by atoms with E-state index in [1.54, 1.807) is 11.3 Å². The van der Waals surface area contributed by atoms with Gasteiger partial charge in [-0.25, -0.2) is 0 Å². The highest BCUT2D eigenvalue weighted by Crippen LogP contribution is 2.22. The molecule has 1 aliphatic rings. The molecule has 6 heteroatoms. The van der Waals surface area contributed by atoms with Crippen molar-refractivity contribution in [2.24, 2.45) is 0 Å². The van der Waals surface area contributed by atoms with E-state index in [0.717, 1.165) is 37.2 Å². The molecule has 3 heterocycles. The van der Waals surface area contributed by atoms with Crippen LogP contribution in [0.3, 0.4) is 0 Å². The van der Waals surface area contributed by atoms with Gasteiger partial charge in [0.2, 0.25) is 11.7 Å². The van der Waals surface area contributed by atoms with Gasteiger partial charge in [-0.3, -0.25) is 4.90 Å². The van der Waals surface area contributed by atoms with Crippen molar-refractivity contribution < 1.29 is 9.63 Å². The number of hydrogen-bond donors (Lipinski definition) is 1. The molecule has 2 unspecified atom stereocenters. The van der Waals surface area contributed by atoms with Gasteiger partial charge < -0.3 is 9.63 Å². The van der Waals surface area contributed by atoms with Crippen molar-refractivity contribution in [3.63, 3.8) is 0 Å². The number of nitrogens with zero attached hydrogens (tertiary/aromatic N) is 3. The number of aliphatic hydroxyl groups is 1. The summed E-state index contributed by atoms with van der Waals surface area (Å²) in [6.45, 7) is 3.96. The van der Waals surface area contributed by atoms with E-state index >= 15 is 0 Å². The average molecular weight is 321 g/mol. The second kappa shape index (κ2) is 7.35. The predicted molar refractivity (Wildman–Crippen MR) is 86.8 cm³/mol. The van der Waals surface area contributed by atoms with Crippen molar-refractivity contribution >= 4 is 11.3 Å². The molecule has 0 amide bonds. The van der Waals surface area contributed by atoms with Gasteiger partial charge >= 0.3 is 0 Å². The Labute approximate surface area is 135 Å². The largest absolute Gasteiger partial charge is 0.392 e. The minimum atomic E-state index is -0.255. The highest BCUT2D eigenvalue weighted by atomic mass is 32.1. The lowest BCUT2D eigenvalue weighted by molar-refractivity contribution is 0.0357. The molecule has 2 aromatic heterocycles. The zero-order valence-corrected chi connectivity index (χ0v) is 13.8. The van der Waals surface area contributed by atoms with Crippen LogP contribution < -0.4 is 0 Å². The van der Waals surface area contributed by atoms with Crippen LogP contribution in [-0.4, -0.2) is 45.4 Å². The van der Waals surface area contributed by atoms with E-state index in [4.69, 9.17) is 4.52 Å². The molecule has 5 nitrogen and oxygen atoms in total. The summed E-state index contributed by atoms with van der Waals surface area (Å²) in [4.78, 5) is 7.90. The summed E-state index contributed by atoms with van der Waals surface area (Å²) in [5, 5.41) is 15.9. The van der Waals surface area contributed by atoms with Gasteiger partial charge in [0.25, 0.3) is 0 Å². The minimum Gasteiger partial charge on any atom is -0.392 e. The van der Waals surface area contributed by atoms with Crippen LogP contribution in [0.25, 0.3) is 10.7 Å². The highest BCUT2D eigenvalue weighted by molar-refractivity contribution is 7.13. The zero-order chi connectivity index (χ0) is 15.4. The molecule has 3 rings (SSSR count). The Kier molecular flexibility index (Phi) is 5.23. The van der Waals surface area contributed by atoms with Crippen LogP contribution in [0, 0.1) is 0 Å². The molecule has 0 saturated carbocycles. The molecular formula is C16H23N3O2S. The second-order valence-corrected chi connectivity index (χ2v) is 6.88. The average Bonchev–Trinajstić information content (AvgIpc) is 3.18. The van der Waals surface area contributed by atoms with Gasteiger partial charge in [0.05, 0.1) is 11.0 Å². The SMILES string of the molecule is CC(O)C1CCCCN1CCCc1nc(-c2cccs2)no1. The molecule has 1 fully saturated rings. The predicted octanol–water partition coefficient (Wildman–Crippen LogP) is 2.97. The summed E-state index contributed by atoms with van der Waals surface area (Å²) >= 11 is 1.62. The first-order valence-corrected chi connectivity index (χ1v) is 8.90. The molecule has 0 aliphatic carbocycles. The first-order chi connectivity index (χ1) is 10.7. The standard InChI is InChI=1S/C16H23N3O2S/c1-12(20)13-6-2-3-9-19(13)10-4-8-15-17-16(18-21-15)14-7-5-11-22-14/h5,7,11-13,20H,2-4,6,8-10H2,1H3. The molecule has 0 bridgehead atoms. The summed E-state index contributed by atoms with van der Waals surface area (Å²) in [7, 11) is 0. The maximum absolute atomic E-state index is 9.89. The topological polar surface area (TPSA) is 62.4 Å². The summed E-state index contributed by atoms with van der Waals surface area (Å²) in [6, 6.07) is 4.29. The lowest BCUT2D eigenvalue weighted by atomic mass is 9.98. The minimum absolute atomic E-state index is 0.255. The Morgan fingerprint density at radius 2 is 2.41 bits per heavy atom. The lowest BCUT2D eigenvalue weighted by Crippen LogP contribution is -2.46. The van der Waals surface area contributed by atoms with Gasteiger partial charge in [-0.05, 0) is 50.7 Å². The molecular weight excluding hydrogens is 298 g/mol. The number of aromatic nitrogens is 2. The molecule has 1 N–H and O–H groups in total. The van der Waals surface area contributed by atoms with E-state index in [9.17, 15) is 5.11 Å². The summed E-state index contributed by atoms with van der Waals surface area (Å²) in [5.74, 6) is 1.39. The Bertz CT molecular complexity index is 568. The molecule has 22 heavy (non-hydrogen) atoms. The van der Waals surface area contributed by atoms with Crippen LogP contribution >= 0.6 is 11.3 Å². The van der Waals surface area contributed by atoms with Crippen LogP contribution in [0.5, 0.6) is 0 Å². The summed E-state index contributed by atoms with van der Waals surface area (Å²) < 4.78 is 5.33. The molecule has 2 aromatic rings. The third kappa shape index (κ3) is 3.74. The van der Waals surface area contributed by atoms with E-state index in [0.29, 0.717) is 17.8 Å². The highest BCUT2D eigenvalue weighted by Gasteiger charge is 2.25. The fraction of sp³-hybridized carbons (Fsp3) is 0.625. The lowest BCUT2D eigenvalue weighted by Gasteiger charge is -2.37. The third-order valence-corrected chi connectivity index (χ3v) is 5.13. The van der Waals surface area contributed by atoms with Crippen molar-refractivity contribution in [2.75, 3.05) is 13.1 Å².